The summed E-state index contributed by atoms with van der Waals surface area (Å²) in [6, 6.07) is 8.39. The molecule has 0 aromatic heterocycles. The van der Waals surface area contributed by atoms with Gasteiger partial charge in [0.2, 0.25) is 5.91 Å². The zero-order valence-electron chi connectivity index (χ0n) is 15.9. The number of nitrogens with zero attached hydrogens (tertiary/aromatic N) is 1. The number of rotatable bonds is 8. The van der Waals surface area contributed by atoms with Crippen LogP contribution in [-0.4, -0.2) is 49.0 Å². The monoisotopic (exact) mass is 375 g/mol. The summed E-state index contributed by atoms with van der Waals surface area (Å²) in [5.41, 5.74) is 0.824. The molecule has 1 heterocycles. The van der Waals surface area contributed by atoms with E-state index in [0.29, 0.717) is 6.61 Å². The van der Waals surface area contributed by atoms with Gasteiger partial charge in [-0.25, -0.2) is 4.79 Å². The van der Waals surface area contributed by atoms with E-state index in [1.165, 1.54) is 6.42 Å². The van der Waals surface area contributed by atoms with Gasteiger partial charge < -0.3 is 20.3 Å². The van der Waals surface area contributed by atoms with E-state index >= 15 is 0 Å². The molecule has 0 radical (unpaired) electrons. The average molecular weight is 375 g/mol. The molecule has 1 atom stereocenters. The van der Waals surface area contributed by atoms with Gasteiger partial charge in [0, 0.05) is 26.1 Å². The first-order chi connectivity index (χ1) is 13.1. The van der Waals surface area contributed by atoms with Gasteiger partial charge in [0.15, 0.2) is 0 Å². The van der Waals surface area contributed by atoms with Gasteiger partial charge in [-0.3, -0.25) is 9.59 Å². The summed E-state index contributed by atoms with van der Waals surface area (Å²) < 4.78 is 4.99. The molecular weight excluding hydrogens is 346 g/mol. The number of esters is 1. The van der Waals surface area contributed by atoms with Crippen molar-refractivity contribution in [2.24, 2.45) is 0 Å². The maximum atomic E-state index is 12.2. The van der Waals surface area contributed by atoms with E-state index in [4.69, 9.17) is 4.74 Å². The summed E-state index contributed by atoms with van der Waals surface area (Å²) in [4.78, 5) is 38.1. The van der Waals surface area contributed by atoms with Crippen molar-refractivity contribution in [3.05, 3.63) is 35.9 Å². The summed E-state index contributed by atoms with van der Waals surface area (Å²) in [6.45, 7) is 3.92. The van der Waals surface area contributed by atoms with Crippen LogP contribution in [0.15, 0.2) is 30.3 Å². The minimum atomic E-state index is -0.483. The Kier molecular flexibility index (Phi) is 8.61. The predicted molar refractivity (Wildman–Crippen MR) is 102 cm³/mol. The van der Waals surface area contributed by atoms with E-state index in [1.54, 1.807) is 6.92 Å². The number of piperidine rings is 1. The van der Waals surface area contributed by atoms with Crippen LogP contribution in [0.5, 0.6) is 0 Å². The van der Waals surface area contributed by atoms with Gasteiger partial charge >= 0.3 is 12.0 Å². The van der Waals surface area contributed by atoms with E-state index < -0.39 is 12.1 Å². The third-order valence-electron chi connectivity index (χ3n) is 4.52. The molecule has 3 amide bonds. The second-order valence-corrected chi connectivity index (χ2v) is 6.56. The molecule has 27 heavy (non-hydrogen) atoms. The number of benzene rings is 1. The highest BCUT2D eigenvalue weighted by molar-refractivity contribution is 5.79. The predicted octanol–water partition coefficient (Wildman–Crippen LogP) is 2.38. The number of hydrogen-bond donors (Lipinski definition) is 2. The molecular formula is C20H29N3O4. The van der Waals surface area contributed by atoms with Crippen LogP contribution >= 0.6 is 0 Å². The summed E-state index contributed by atoms with van der Waals surface area (Å²) in [5, 5.41) is 5.51. The van der Waals surface area contributed by atoms with E-state index in [0.717, 1.165) is 31.5 Å². The summed E-state index contributed by atoms with van der Waals surface area (Å²) in [6.07, 6.45) is 3.60. The first kappa shape index (κ1) is 20.7. The number of carbonyl (C=O) groups excluding carboxylic acids is 3. The molecule has 7 nitrogen and oxygen atoms in total. The molecule has 1 saturated heterocycles. The number of likely N-dealkylation sites (tertiary alicyclic amines) is 1. The molecule has 0 unspecified atom stereocenters. The molecule has 0 spiro atoms. The molecule has 7 heteroatoms. The highest BCUT2D eigenvalue weighted by Gasteiger charge is 2.20. The SMILES string of the molecule is CCOC(=O)C[C@@H](NC(=O)NCCC(=O)N1CCCCC1)c1ccccc1. The number of urea groups is 1. The Morgan fingerprint density at radius 1 is 1.11 bits per heavy atom. The fourth-order valence-corrected chi connectivity index (χ4v) is 3.12. The van der Waals surface area contributed by atoms with Crippen molar-refractivity contribution in [2.45, 2.75) is 45.1 Å². The molecule has 1 aliphatic heterocycles. The molecule has 2 N–H and O–H groups in total. The van der Waals surface area contributed by atoms with Crippen LogP contribution in [0.3, 0.4) is 0 Å². The summed E-state index contributed by atoms with van der Waals surface area (Å²) in [5.74, 6) is -0.298. The first-order valence-electron chi connectivity index (χ1n) is 9.63. The number of carbonyl (C=O) groups is 3. The van der Waals surface area contributed by atoms with Gasteiger partial charge in [-0.15, -0.1) is 0 Å². The van der Waals surface area contributed by atoms with E-state index in [1.807, 2.05) is 35.2 Å². The van der Waals surface area contributed by atoms with Gasteiger partial charge in [-0.1, -0.05) is 30.3 Å². The molecule has 0 saturated carbocycles. The van der Waals surface area contributed by atoms with Gasteiger partial charge in [0.05, 0.1) is 19.1 Å². The highest BCUT2D eigenvalue weighted by Crippen LogP contribution is 2.17. The van der Waals surface area contributed by atoms with E-state index in [2.05, 4.69) is 10.6 Å². The third kappa shape index (κ3) is 7.29. The number of amides is 3. The van der Waals surface area contributed by atoms with Crippen LogP contribution in [-0.2, 0) is 14.3 Å². The van der Waals surface area contributed by atoms with Gasteiger partial charge in [-0.05, 0) is 31.7 Å². The fraction of sp³-hybridized carbons (Fsp3) is 0.550. The minimum Gasteiger partial charge on any atom is -0.466 e. The second kappa shape index (κ2) is 11.2. The zero-order chi connectivity index (χ0) is 19.5. The van der Waals surface area contributed by atoms with Crippen LogP contribution in [0.2, 0.25) is 0 Å². The molecule has 1 aliphatic rings. The summed E-state index contributed by atoms with van der Waals surface area (Å²) in [7, 11) is 0. The highest BCUT2D eigenvalue weighted by atomic mass is 16.5. The Labute approximate surface area is 160 Å². The van der Waals surface area contributed by atoms with Gasteiger partial charge in [-0.2, -0.15) is 0 Å². The largest absolute Gasteiger partial charge is 0.466 e. The first-order valence-corrected chi connectivity index (χ1v) is 9.63. The lowest BCUT2D eigenvalue weighted by molar-refractivity contribution is -0.143. The maximum absolute atomic E-state index is 12.2. The maximum Gasteiger partial charge on any atom is 0.315 e. The number of nitrogens with one attached hydrogen (secondary N) is 2. The Balaban J connectivity index is 1.81. The number of hydrogen-bond acceptors (Lipinski definition) is 4. The molecule has 1 aromatic rings. The van der Waals surface area contributed by atoms with Crippen molar-refractivity contribution in [2.75, 3.05) is 26.2 Å². The molecule has 1 aromatic carbocycles. The fourth-order valence-electron chi connectivity index (χ4n) is 3.12. The lowest BCUT2D eigenvalue weighted by atomic mass is 10.0. The minimum absolute atomic E-state index is 0.0536. The van der Waals surface area contributed by atoms with E-state index in [9.17, 15) is 14.4 Å². The Hall–Kier alpha value is -2.57. The zero-order valence-corrected chi connectivity index (χ0v) is 15.9. The van der Waals surface area contributed by atoms with Crippen LogP contribution in [0.1, 0.15) is 50.6 Å². The van der Waals surface area contributed by atoms with Crippen LogP contribution in [0, 0.1) is 0 Å². The van der Waals surface area contributed by atoms with Crippen molar-refractivity contribution < 1.29 is 19.1 Å². The topological polar surface area (TPSA) is 87.7 Å². The standard InChI is InChI=1S/C20H29N3O4/c1-2-27-19(25)15-17(16-9-5-3-6-10-16)22-20(26)21-12-11-18(24)23-13-7-4-8-14-23/h3,5-6,9-10,17H,2,4,7-8,11-15H2,1H3,(H2,21,22,26)/t17-/m1/s1. The third-order valence-corrected chi connectivity index (χ3v) is 4.52. The number of ether oxygens (including phenoxy) is 1. The van der Waals surface area contributed by atoms with Crippen molar-refractivity contribution in [1.82, 2.24) is 15.5 Å². The van der Waals surface area contributed by atoms with Crippen molar-refractivity contribution in [3.63, 3.8) is 0 Å². The molecule has 1 fully saturated rings. The molecule has 0 bridgehead atoms. The molecule has 2 rings (SSSR count). The smallest absolute Gasteiger partial charge is 0.315 e. The van der Waals surface area contributed by atoms with Crippen LogP contribution in [0.4, 0.5) is 4.79 Å². The lowest BCUT2D eigenvalue weighted by Crippen LogP contribution is -2.41. The lowest BCUT2D eigenvalue weighted by Gasteiger charge is -2.26. The van der Waals surface area contributed by atoms with Gasteiger partial charge in [0.1, 0.15) is 0 Å². The Morgan fingerprint density at radius 2 is 1.81 bits per heavy atom. The molecule has 0 aliphatic carbocycles. The van der Waals surface area contributed by atoms with Crippen LogP contribution in [0.25, 0.3) is 0 Å². The van der Waals surface area contributed by atoms with Crippen molar-refractivity contribution >= 4 is 17.9 Å². The van der Waals surface area contributed by atoms with Crippen molar-refractivity contribution in [3.8, 4) is 0 Å². The average Bonchev–Trinajstić information content (AvgIpc) is 2.69. The molecule has 148 valence electrons. The summed E-state index contributed by atoms with van der Waals surface area (Å²) >= 11 is 0. The van der Waals surface area contributed by atoms with Crippen LogP contribution < -0.4 is 10.6 Å². The Morgan fingerprint density at radius 3 is 2.48 bits per heavy atom. The van der Waals surface area contributed by atoms with E-state index in [-0.39, 0.29) is 31.3 Å². The normalized spacial score (nSPS) is 14.9. The quantitative estimate of drug-likeness (QED) is 0.683. The Bertz CT molecular complexity index is 615. The van der Waals surface area contributed by atoms with Gasteiger partial charge in [0.25, 0.3) is 0 Å². The van der Waals surface area contributed by atoms with Crippen molar-refractivity contribution in [1.29, 1.82) is 0 Å². The second-order valence-electron chi connectivity index (χ2n) is 6.56.